The Bertz CT molecular complexity index is 962. The fourth-order valence-corrected chi connectivity index (χ4v) is 5.14. The molecule has 2 heterocycles. The van der Waals surface area contributed by atoms with Crippen molar-refractivity contribution in [3.05, 3.63) is 53.3 Å². The van der Waals surface area contributed by atoms with Crippen molar-refractivity contribution in [2.24, 2.45) is 5.92 Å². The lowest BCUT2D eigenvalue weighted by atomic mass is 9.97. The average Bonchev–Trinajstić information content (AvgIpc) is 2.71. The van der Waals surface area contributed by atoms with Crippen molar-refractivity contribution in [1.29, 1.82) is 0 Å². The highest BCUT2D eigenvalue weighted by Gasteiger charge is 2.23. The van der Waals surface area contributed by atoms with Crippen LogP contribution in [0.3, 0.4) is 0 Å². The quantitative estimate of drug-likeness (QED) is 0.705. The van der Waals surface area contributed by atoms with Gasteiger partial charge >= 0.3 is 0 Å². The molecule has 2 N–H and O–H groups in total. The summed E-state index contributed by atoms with van der Waals surface area (Å²) in [4.78, 5) is 18.0. The van der Waals surface area contributed by atoms with E-state index in [2.05, 4.69) is 19.9 Å². The minimum Gasteiger partial charge on any atom is -0.326 e. The number of aromatic nitrogens is 1. The van der Waals surface area contributed by atoms with Crippen molar-refractivity contribution in [3.8, 4) is 0 Å². The second-order valence-corrected chi connectivity index (χ2v) is 9.81. The maximum atomic E-state index is 12.8. The van der Waals surface area contributed by atoms with Crippen molar-refractivity contribution in [1.82, 2.24) is 14.6 Å². The predicted molar refractivity (Wildman–Crippen MR) is 118 cm³/mol. The van der Waals surface area contributed by atoms with Crippen LogP contribution in [0.25, 0.3) is 0 Å². The van der Waals surface area contributed by atoms with Gasteiger partial charge in [-0.3, -0.25) is 14.7 Å². The van der Waals surface area contributed by atoms with Crippen LogP contribution in [0.5, 0.6) is 0 Å². The van der Waals surface area contributed by atoms with Crippen molar-refractivity contribution < 1.29 is 13.2 Å². The zero-order chi connectivity index (χ0) is 21.7. The Hall–Kier alpha value is -2.29. The summed E-state index contributed by atoms with van der Waals surface area (Å²) >= 11 is 0. The number of aryl methyl sites for hydroxylation is 2. The molecule has 0 unspecified atom stereocenters. The summed E-state index contributed by atoms with van der Waals surface area (Å²) in [6, 6.07) is 7.28. The van der Waals surface area contributed by atoms with Gasteiger partial charge in [0, 0.05) is 38.1 Å². The SMILES string of the molecule is CC(=O)Nc1c(C)cc(S(=O)(=O)NCC2CCN(Cc3ccncc3)CC2)cc1C. The molecule has 1 fully saturated rings. The van der Waals surface area contributed by atoms with Crippen molar-refractivity contribution in [2.45, 2.75) is 45.1 Å². The van der Waals surface area contributed by atoms with Gasteiger partial charge < -0.3 is 5.32 Å². The van der Waals surface area contributed by atoms with Gasteiger partial charge in [0.25, 0.3) is 0 Å². The lowest BCUT2D eigenvalue weighted by Gasteiger charge is -2.32. The highest BCUT2D eigenvalue weighted by Crippen LogP contribution is 2.25. The van der Waals surface area contributed by atoms with E-state index in [-0.39, 0.29) is 10.8 Å². The first kappa shape index (κ1) is 22.4. The third-order valence-corrected chi connectivity index (χ3v) is 6.95. The Balaban J connectivity index is 1.55. The van der Waals surface area contributed by atoms with Crippen LogP contribution in [0, 0.1) is 19.8 Å². The number of carbonyl (C=O) groups is 1. The zero-order valence-corrected chi connectivity index (χ0v) is 18.6. The molecule has 0 spiro atoms. The summed E-state index contributed by atoms with van der Waals surface area (Å²) in [5.41, 5.74) is 3.38. The summed E-state index contributed by atoms with van der Waals surface area (Å²) in [6.45, 7) is 8.30. The van der Waals surface area contributed by atoms with E-state index >= 15 is 0 Å². The molecule has 2 aromatic rings. The lowest BCUT2D eigenvalue weighted by Crippen LogP contribution is -2.38. The third kappa shape index (κ3) is 5.87. The molecule has 1 aromatic carbocycles. The Morgan fingerprint density at radius 1 is 1.13 bits per heavy atom. The van der Waals surface area contributed by atoms with Gasteiger partial charge in [0.2, 0.25) is 15.9 Å². The number of nitrogens with one attached hydrogen (secondary N) is 2. The Morgan fingerprint density at radius 3 is 2.30 bits per heavy atom. The summed E-state index contributed by atoms with van der Waals surface area (Å²) < 4.78 is 28.4. The number of nitrogens with zero attached hydrogens (tertiary/aromatic N) is 2. The highest BCUT2D eigenvalue weighted by molar-refractivity contribution is 7.89. The standard InChI is InChI=1S/C22H30N4O3S/c1-16-12-21(13-17(2)22(16)25-18(3)27)30(28,29)24-14-19-6-10-26(11-7-19)15-20-4-8-23-9-5-20/h4-5,8-9,12-13,19,24H,6-7,10-11,14-15H2,1-3H3,(H,25,27). The monoisotopic (exact) mass is 430 g/mol. The van der Waals surface area contributed by atoms with Crippen molar-refractivity contribution >= 4 is 21.6 Å². The van der Waals surface area contributed by atoms with Gasteiger partial charge in [-0.05, 0) is 86.7 Å². The number of likely N-dealkylation sites (tertiary alicyclic amines) is 1. The first-order chi connectivity index (χ1) is 14.2. The van der Waals surface area contributed by atoms with Crippen molar-refractivity contribution in [2.75, 3.05) is 25.0 Å². The smallest absolute Gasteiger partial charge is 0.240 e. The summed E-state index contributed by atoms with van der Waals surface area (Å²) in [6.07, 6.45) is 5.55. The van der Waals surface area contributed by atoms with Crippen LogP contribution >= 0.6 is 0 Å². The van der Waals surface area contributed by atoms with E-state index < -0.39 is 10.0 Å². The van der Waals surface area contributed by atoms with E-state index in [1.807, 2.05) is 24.5 Å². The number of piperidine rings is 1. The number of carbonyl (C=O) groups excluding carboxylic acids is 1. The average molecular weight is 431 g/mol. The molecular formula is C22H30N4O3S. The second-order valence-electron chi connectivity index (χ2n) is 8.04. The van der Waals surface area contributed by atoms with Crippen LogP contribution in [0.4, 0.5) is 5.69 Å². The molecule has 0 bridgehead atoms. The predicted octanol–water partition coefficient (Wildman–Crippen LogP) is 2.85. The fraction of sp³-hybridized carbons (Fsp3) is 0.455. The summed E-state index contributed by atoms with van der Waals surface area (Å²) in [7, 11) is -3.60. The molecule has 0 saturated carbocycles. The molecule has 30 heavy (non-hydrogen) atoms. The van der Waals surface area contributed by atoms with E-state index in [0.29, 0.717) is 18.2 Å². The van der Waals surface area contributed by atoms with Crippen LogP contribution < -0.4 is 10.0 Å². The molecule has 3 rings (SSSR count). The molecule has 1 aliphatic heterocycles. The van der Waals surface area contributed by atoms with Gasteiger partial charge in [-0.15, -0.1) is 0 Å². The van der Waals surface area contributed by atoms with Gasteiger partial charge in [0.05, 0.1) is 4.90 Å². The molecule has 1 amide bonds. The molecule has 1 aromatic heterocycles. The molecule has 7 nitrogen and oxygen atoms in total. The normalized spacial score (nSPS) is 15.8. The molecule has 0 radical (unpaired) electrons. The van der Waals surface area contributed by atoms with E-state index in [0.717, 1.165) is 43.6 Å². The Labute approximate surface area is 178 Å². The maximum Gasteiger partial charge on any atom is 0.240 e. The number of sulfonamides is 1. The minimum absolute atomic E-state index is 0.176. The van der Waals surface area contributed by atoms with Gasteiger partial charge in [0.15, 0.2) is 0 Å². The minimum atomic E-state index is -3.60. The van der Waals surface area contributed by atoms with Gasteiger partial charge in [-0.25, -0.2) is 13.1 Å². The molecule has 0 atom stereocenters. The van der Waals surface area contributed by atoms with E-state index in [4.69, 9.17) is 0 Å². The molecule has 0 aliphatic carbocycles. The van der Waals surface area contributed by atoms with Crippen LogP contribution in [-0.2, 0) is 21.4 Å². The van der Waals surface area contributed by atoms with Crippen LogP contribution in [0.2, 0.25) is 0 Å². The number of hydrogen-bond acceptors (Lipinski definition) is 5. The molecular weight excluding hydrogens is 400 g/mol. The van der Waals surface area contributed by atoms with Gasteiger partial charge in [0.1, 0.15) is 0 Å². The fourth-order valence-electron chi connectivity index (χ4n) is 3.86. The largest absolute Gasteiger partial charge is 0.326 e. The first-order valence-corrected chi connectivity index (χ1v) is 11.7. The topological polar surface area (TPSA) is 91.4 Å². The van der Waals surface area contributed by atoms with E-state index in [1.165, 1.54) is 12.5 Å². The molecule has 1 aliphatic rings. The Morgan fingerprint density at radius 2 is 1.73 bits per heavy atom. The maximum absolute atomic E-state index is 12.8. The van der Waals surface area contributed by atoms with Crippen LogP contribution in [-0.4, -0.2) is 43.8 Å². The Kier molecular flexibility index (Phi) is 7.23. The summed E-state index contributed by atoms with van der Waals surface area (Å²) in [5, 5.41) is 2.76. The molecule has 162 valence electrons. The zero-order valence-electron chi connectivity index (χ0n) is 17.8. The second kappa shape index (κ2) is 9.68. The number of anilines is 1. The first-order valence-electron chi connectivity index (χ1n) is 10.2. The number of pyridine rings is 1. The third-order valence-electron chi connectivity index (χ3n) is 5.54. The van der Waals surface area contributed by atoms with Gasteiger partial charge in [-0.2, -0.15) is 0 Å². The number of amides is 1. The van der Waals surface area contributed by atoms with Crippen LogP contribution in [0.1, 0.15) is 36.5 Å². The molecule has 8 heteroatoms. The highest BCUT2D eigenvalue weighted by atomic mass is 32.2. The summed E-state index contributed by atoms with van der Waals surface area (Å²) in [5.74, 6) is 0.152. The number of benzene rings is 1. The van der Waals surface area contributed by atoms with Crippen molar-refractivity contribution in [3.63, 3.8) is 0 Å². The van der Waals surface area contributed by atoms with E-state index in [9.17, 15) is 13.2 Å². The van der Waals surface area contributed by atoms with Gasteiger partial charge in [-0.1, -0.05) is 0 Å². The molecule has 1 saturated heterocycles. The number of rotatable bonds is 7. The van der Waals surface area contributed by atoms with Crippen LogP contribution in [0.15, 0.2) is 41.6 Å². The van der Waals surface area contributed by atoms with E-state index in [1.54, 1.807) is 26.0 Å². The lowest BCUT2D eigenvalue weighted by molar-refractivity contribution is -0.114. The number of hydrogen-bond donors (Lipinski definition) is 2.